The van der Waals surface area contributed by atoms with E-state index in [4.69, 9.17) is 23.7 Å². The summed E-state index contributed by atoms with van der Waals surface area (Å²) in [6, 6.07) is 25.2. The molecule has 1 aromatic heterocycles. The van der Waals surface area contributed by atoms with Crippen molar-refractivity contribution in [2.45, 2.75) is 25.7 Å². The molecule has 1 amide bonds. The number of carbonyl (C=O) groups excluding carboxylic acids is 1. The molecule has 1 aliphatic heterocycles. The van der Waals surface area contributed by atoms with Gasteiger partial charge in [-0.1, -0.05) is 18.6 Å². The summed E-state index contributed by atoms with van der Waals surface area (Å²) in [4.78, 5) is 16.5. The van der Waals surface area contributed by atoms with Crippen molar-refractivity contribution in [2.75, 3.05) is 60.7 Å². The first-order valence-corrected chi connectivity index (χ1v) is 17.8. The van der Waals surface area contributed by atoms with Crippen molar-refractivity contribution in [3.05, 3.63) is 95.6 Å². The summed E-state index contributed by atoms with van der Waals surface area (Å²) in [5.74, 6) is 2.82. The topological polar surface area (TPSA) is 98.7 Å². The molecule has 2 N–H and O–H groups in total. The molecule has 0 unspecified atom stereocenters. The van der Waals surface area contributed by atoms with E-state index in [1.807, 2.05) is 24.3 Å². The largest absolute Gasteiger partial charge is 0.508 e. The van der Waals surface area contributed by atoms with E-state index in [-0.39, 0.29) is 11.7 Å². The molecule has 5 aromatic rings. The Morgan fingerprint density at radius 1 is 0.800 bits per heavy atom. The Morgan fingerprint density at radius 2 is 1.46 bits per heavy atom. The maximum atomic E-state index is 12.8. The zero-order chi connectivity index (χ0) is 34.9. The number of carbonyl (C=O) groups is 1. The Labute approximate surface area is 297 Å². The van der Waals surface area contributed by atoms with Gasteiger partial charge in [-0.15, -0.1) is 11.3 Å². The Morgan fingerprint density at radius 3 is 2.12 bits per heavy atom. The van der Waals surface area contributed by atoms with Crippen LogP contribution in [0.5, 0.6) is 34.5 Å². The highest BCUT2D eigenvalue weighted by molar-refractivity contribution is 7.22. The Hall–Kier alpha value is -4.93. The van der Waals surface area contributed by atoms with E-state index in [0.29, 0.717) is 48.3 Å². The van der Waals surface area contributed by atoms with Crippen molar-refractivity contribution in [1.82, 2.24) is 10.2 Å². The maximum Gasteiger partial charge on any atom is 0.251 e. The zero-order valence-corrected chi connectivity index (χ0v) is 29.6. The Kier molecular flexibility index (Phi) is 11.6. The SMILES string of the molecule is COc1cc(C(=O)NCCOc2ccc(-c3sc4cc(O)ccc4c3Cc3ccc(OCCN4CCCCC4)cc3)cc2)cc(OC)c1OC. The quantitative estimate of drug-likeness (QED) is 0.108. The summed E-state index contributed by atoms with van der Waals surface area (Å²) < 4.78 is 29.1. The average molecular weight is 697 g/mol. The molecule has 0 spiro atoms. The van der Waals surface area contributed by atoms with Gasteiger partial charge in [0.2, 0.25) is 5.75 Å². The fourth-order valence-corrected chi connectivity index (χ4v) is 7.54. The summed E-state index contributed by atoms with van der Waals surface area (Å²) in [7, 11) is 4.54. The third kappa shape index (κ3) is 8.43. The van der Waals surface area contributed by atoms with Crippen LogP contribution in [0, 0.1) is 0 Å². The molecular weight excluding hydrogens is 653 g/mol. The van der Waals surface area contributed by atoms with Crippen LogP contribution >= 0.6 is 11.3 Å². The second kappa shape index (κ2) is 16.7. The van der Waals surface area contributed by atoms with Gasteiger partial charge in [0.15, 0.2) is 11.5 Å². The second-order valence-corrected chi connectivity index (χ2v) is 13.3. The second-order valence-electron chi connectivity index (χ2n) is 12.2. The number of rotatable bonds is 15. The lowest BCUT2D eigenvalue weighted by Crippen LogP contribution is -2.33. The van der Waals surface area contributed by atoms with E-state index in [9.17, 15) is 9.90 Å². The maximum absolute atomic E-state index is 12.8. The fraction of sp³-hybridized carbons (Fsp3) is 0.325. The van der Waals surface area contributed by atoms with Gasteiger partial charge in [-0.3, -0.25) is 9.69 Å². The molecule has 2 heterocycles. The first kappa shape index (κ1) is 34.9. The van der Waals surface area contributed by atoms with Crippen molar-refractivity contribution >= 4 is 27.3 Å². The first-order chi connectivity index (χ1) is 24.4. The molecule has 9 nitrogen and oxygen atoms in total. The number of likely N-dealkylation sites (tertiary alicyclic amines) is 1. The van der Waals surface area contributed by atoms with E-state index in [2.05, 4.69) is 46.6 Å². The number of thiophene rings is 1. The van der Waals surface area contributed by atoms with Crippen molar-refractivity contribution in [2.24, 2.45) is 0 Å². The molecule has 0 aliphatic carbocycles. The fourth-order valence-electron chi connectivity index (χ4n) is 6.28. The summed E-state index contributed by atoms with van der Waals surface area (Å²) in [5, 5.41) is 14.2. The van der Waals surface area contributed by atoms with Gasteiger partial charge in [0.1, 0.15) is 30.5 Å². The van der Waals surface area contributed by atoms with Gasteiger partial charge in [0.25, 0.3) is 5.91 Å². The average Bonchev–Trinajstić information content (AvgIpc) is 3.50. The zero-order valence-electron chi connectivity index (χ0n) is 28.8. The number of nitrogens with one attached hydrogen (secondary N) is 1. The van der Waals surface area contributed by atoms with Crippen molar-refractivity contribution in [3.63, 3.8) is 0 Å². The molecule has 1 aliphatic rings. The van der Waals surface area contributed by atoms with Crippen LogP contribution in [-0.2, 0) is 6.42 Å². The number of nitrogens with zero attached hydrogens (tertiary/aromatic N) is 1. The summed E-state index contributed by atoms with van der Waals surface area (Å²) >= 11 is 1.67. The predicted molar refractivity (Wildman–Crippen MR) is 198 cm³/mol. The number of fused-ring (bicyclic) bond motifs is 1. The number of amides is 1. The van der Waals surface area contributed by atoms with Crippen LogP contribution in [0.15, 0.2) is 78.9 Å². The van der Waals surface area contributed by atoms with Crippen LogP contribution in [0.3, 0.4) is 0 Å². The molecule has 6 rings (SSSR count). The van der Waals surface area contributed by atoms with Crippen molar-refractivity contribution in [3.8, 4) is 44.9 Å². The van der Waals surface area contributed by atoms with E-state index >= 15 is 0 Å². The van der Waals surface area contributed by atoms with Crippen LogP contribution < -0.4 is 29.0 Å². The molecule has 0 radical (unpaired) electrons. The van der Waals surface area contributed by atoms with Gasteiger partial charge in [0.05, 0.1) is 27.9 Å². The van der Waals surface area contributed by atoms with Crippen LogP contribution in [0.2, 0.25) is 0 Å². The van der Waals surface area contributed by atoms with E-state index in [1.165, 1.54) is 64.8 Å². The highest BCUT2D eigenvalue weighted by Gasteiger charge is 2.18. The van der Waals surface area contributed by atoms with E-state index < -0.39 is 0 Å². The molecule has 0 saturated carbocycles. The molecule has 50 heavy (non-hydrogen) atoms. The van der Waals surface area contributed by atoms with Crippen molar-refractivity contribution < 1.29 is 33.6 Å². The minimum Gasteiger partial charge on any atom is -0.508 e. The minimum absolute atomic E-state index is 0.254. The summed E-state index contributed by atoms with van der Waals surface area (Å²) in [6.45, 7) is 4.61. The molecule has 4 aromatic carbocycles. The smallest absolute Gasteiger partial charge is 0.251 e. The van der Waals surface area contributed by atoms with Gasteiger partial charge in [-0.25, -0.2) is 0 Å². The molecule has 1 fully saturated rings. The van der Waals surface area contributed by atoms with Gasteiger partial charge < -0.3 is 34.1 Å². The number of ether oxygens (including phenoxy) is 5. The lowest BCUT2D eigenvalue weighted by molar-refractivity contribution is 0.0946. The van der Waals surface area contributed by atoms with Gasteiger partial charge >= 0.3 is 0 Å². The first-order valence-electron chi connectivity index (χ1n) is 17.0. The van der Waals surface area contributed by atoms with E-state index in [0.717, 1.165) is 39.2 Å². The third-order valence-electron chi connectivity index (χ3n) is 8.91. The van der Waals surface area contributed by atoms with Crippen LogP contribution in [0.25, 0.3) is 20.5 Å². The molecule has 0 bridgehead atoms. The van der Waals surface area contributed by atoms with Gasteiger partial charge in [0, 0.05) is 21.7 Å². The highest BCUT2D eigenvalue weighted by Crippen LogP contribution is 2.42. The number of hydrogen-bond acceptors (Lipinski definition) is 9. The lowest BCUT2D eigenvalue weighted by Gasteiger charge is -2.26. The number of hydrogen-bond donors (Lipinski definition) is 2. The van der Waals surface area contributed by atoms with Crippen molar-refractivity contribution in [1.29, 1.82) is 0 Å². The van der Waals surface area contributed by atoms with Crippen LogP contribution in [0.4, 0.5) is 0 Å². The van der Waals surface area contributed by atoms with E-state index in [1.54, 1.807) is 29.5 Å². The number of methoxy groups -OCH3 is 3. The predicted octanol–water partition coefficient (Wildman–Crippen LogP) is 7.56. The monoisotopic (exact) mass is 696 g/mol. The number of piperidine rings is 1. The minimum atomic E-state index is -0.276. The van der Waals surface area contributed by atoms with Crippen LogP contribution in [-0.4, -0.2) is 76.6 Å². The third-order valence-corrected chi connectivity index (χ3v) is 10.1. The van der Waals surface area contributed by atoms with Gasteiger partial charge in [-0.2, -0.15) is 0 Å². The molecule has 10 heteroatoms. The number of phenolic OH excluding ortho intramolecular Hbond substituents is 1. The molecule has 1 saturated heterocycles. The number of aromatic hydroxyl groups is 1. The van der Waals surface area contributed by atoms with Gasteiger partial charge in [-0.05, 0) is 121 Å². The molecular formula is C40H44N2O7S. The number of phenols is 1. The lowest BCUT2D eigenvalue weighted by atomic mass is 9.99. The molecule has 0 atom stereocenters. The normalized spacial score (nSPS) is 13.2. The Bertz CT molecular complexity index is 1860. The molecule has 262 valence electrons. The Balaban J connectivity index is 1.08. The highest BCUT2D eigenvalue weighted by atomic mass is 32.1. The summed E-state index contributed by atoms with van der Waals surface area (Å²) in [6.07, 6.45) is 4.65. The standard InChI is InChI=1S/C40H44N2O7S/c1-45-35-24-29(25-36(46-2)38(35)47-3)40(44)41-17-21-48-32-14-9-28(10-15-32)39-34(33-16-11-30(43)26-37(33)50-39)23-27-7-12-31(13-8-27)49-22-20-42-18-5-4-6-19-42/h7-16,24-26,43H,4-6,17-23H2,1-3H3,(H,41,44). The number of benzene rings is 4. The summed E-state index contributed by atoms with van der Waals surface area (Å²) in [5.41, 5.74) is 3.87. The van der Waals surface area contributed by atoms with Crippen LogP contribution in [0.1, 0.15) is 40.7 Å².